The molecule has 1 amide bonds. The van der Waals surface area contributed by atoms with Crippen LogP contribution in [0.15, 0.2) is 42.6 Å². The number of methoxy groups -OCH3 is 1. The second kappa shape index (κ2) is 7.24. The summed E-state index contributed by atoms with van der Waals surface area (Å²) in [7, 11) is 3.59. The van der Waals surface area contributed by atoms with Crippen LogP contribution in [0.2, 0.25) is 0 Å². The van der Waals surface area contributed by atoms with Crippen molar-refractivity contribution in [2.45, 2.75) is 26.8 Å². The van der Waals surface area contributed by atoms with Gasteiger partial charge < -0.3 is 14.6 Å². The Morgan fingerprint density at radius 1 is 1.17 bits per heavy atom. The van der Waals surface area contributed by atoms with Gasteiger partial charge in [-0.25, -0.2) is 0 Å². The van der Waals surface area contributed by atoms with Gasteiger partial charge in [0.1, 0.15) is 5.75 Å². The number of benzene rings is 1. The molecule has 1 N–H and O–H groups in total. The first kappa shape index (κ1) is 19.0. The molecule has 3 aromatic heterocycles. The van der Waals surface area contributed by atoms with Gasteiger partial charge in [-0.1, -0.05) is 19.9 Å². The first-order valence-electron chi connectivity index (χ1n) is 9.66. The minimum Gasteiger partial charge on any atom is -0.497 e. The number of nitrogens with zero attached hydrogens (tertiary/aromatic N) is 4. The Balaban J connectivity index is 1.77. The highest BCUT2D eigenvalue weighted by molar-refractivity contribution is 6.08. The van der Waals surface area contributed by atoms with Gasteiger partial charge in [0.15, 0.2) is 11.5 Å². The molecule has 3 heterocycles. The number of fused-ring (bicyclic) bond motifs is 2. The van der Waals surface area contributed by atoms with Gasteiger partial charge in [-0.3, -0.25) is 9.20 Å². The SMILES string of the molecule is COc1ccc2c(c1)c(C(=O)N[C@H](c1nnc3ccccn13)C(C)C)c(C)n2C. The highest BCUT2D eigenvalue weighted by Crippen LogP contribution is 2.30. The van der Waals surface area contributed by atoms with Crippen LogP contribution >= 0.6 is 0 Å². The topological polar surface area (TPSA) is 73.4 Å². The zero-order valence-electron chi connectivity index (χ0n) is 17.3. The van der Waals surface area contributed by atoms with E-state index in [1.165, 1.54) is 0 Å². The van der Waals surface area contributed by atoms with Gasteiger partial charge in [0.2, 0.25) is 0 Å². The van der Waals surface area contributed by atoms with Crippen molar-refractivity contribution in [2.24, 2.45) is 13.0 Å². The van der Waals surface area contributed by atoms with Crippen LogP contribution < -0.4 is 10.1 Å². The molecular weight excluding hydrogens is 366 g/mol. The highest BCUT2D eigenvalue weighted by atomic mass is 16.5. The summed E-state index contributed by atoms with van der Waals surface area (Å²) in [6.07, 6.45) is 1.92. The third-order valence-electron chi connectivity index (χ3n) is 5.50. The number of amides is 1. The Labute approximate surface area is 169 Å². The molecule has 0 bridgehead atoms. The van der Waals surface area contributed by atoms with E-state index >= 15 is 0 Å². The Hall–Kier alpha value is -3.35. The normalized spacial score (nSPS) is 12.6. The molecule has 0 spiro atoms. The fourth-order valence-electron chi connectivity index (χ4n) is 3.78. The lowest BCUT2D eigenvalue weighted by molar-refractivity contribution is 0.0923. The van der Waals surface area contributed by atoms with E-state index in [2.05, 4.69) is 29.4 Å². The number of aryl methyl sites for hydroxylation is 1. The number of ether oxygens (including phenoxy) is 1. The van der Waals surface area contributed by atoms with Crippen LogP contribution in [0.1, 0.15) is 41.8 Å². The average Bonchev–Trinajstić information content (AvgIpc) is 3.25. The lowest BCUT2D eigenvalue weighted by Crippen LogP contribution is -2.33. The molecule has 0 saturated heterocycles. The van der Waals surface area contributed by atoms with Gasteiger partial charge >= 0.3 is 0 Å². The van der Waals surface area contributed by atoms with Gasteiger partial charge in [-0.05, 0) is 43.2 Å². The summed E-state index contributed by atoms with van der Waals surface area (Å²) in [4.78, 5) is 13.4. The van der Waals surface area contributed by atoms with Gasteiger partial charge in [0, 0.05) is 29.8 Å². The van der Waals surface area contributed by atoms with Crippen LogP contribution in [0, 0.1) is 12.8 Å². The Bertz CT molecular complexity index is 1200. The monoisotopic (exact) mass is 391 g/mol. The third-order valence-corrected chi connectivity index (χ3v) is 5.50. The number of hydrogen-bond acceptors (Lipinski definition) is 4. The fourth-order valence-corrected chi connectivity index (χ4v) is 3.78. The van der Waals surface area contributed by atoms with Crippen molar-refractivity contribution in [1.29, 1.82) is 0 Å². The van der Waals surface area contributed by atoms with Crippen LogP contribution in [0.3, 0.4) is 0 Å². The van der Waals surface area contributed by atoms with E-state index in [1.54, 1.807) is 7.11 Å². The van der Waals surface area contributed by atoms with Crippen LogP contribution in [0.4, 0.5) is 0 Å². The molecule has 150 valence electrons. The van der Waals surface area contributed by atoms with E-state index in [-0.39, 0.29) is 17.9 Å². The van der Waals surface area contributed by atoms with Crippen molar-refractivity contribution in [3.8, 4) is 5.75 Å². The van der Waals surface area contributed by atoms with Crippen molar-refractivity contribution in [2.75, 3.05) is 7.11 Å². The summed E-state index contributed by atoms with van der Waals surface area (Å²) in [6.45, 7) is 6.08. The van der Waals surface area contributed by atoms with Crippen molar-refractivity contribution in [3.05, 3.63) is 59.7 Å². The molecule has 0 unspecified atom stereocenters. The molecule has 4 rings (SSSR count). The van der Waals surface area contributed by atoms with E-state index in [1.807, 2.05) is 65.5 Å². The van der Waals surface area contributed by atoms with Crippen molar-refractivity contribution >= 4 is 22.5 Å². The van der Waals surface area contributed by atoms with Gasteiger partial charge in [0.05, 0.1) is 18.7 Å². The van der Waals surface area contributed by atoms with E-state index in [0.29, 0.717) is 5.56 Å². The molecule has 1 atom stereocenters. The van der Waals surface area contributed by atoms with Gasteiger partial charge in [-0.2, -0.15) is 0 Å². The summed E-state index contributed by atoms with van der Waals surface area (Å²) >= 11 is 0. The molecule has 7 nitrogen and oxygen atoms in total. The lowest BCUT2D eigenvalue weighted by atomic mass is 10.0. The largest absolute Gasteiger partial charge is 0.497 e. The Morgan fingerprint density at radius 2 is 1.97 bits per heavy atom. The first-order valence-corrected chi connectivity index (χ1v) is 9.66. The van der Waals surface area contributed by atoms with Crippen LogP contribution in [-0.2, 0) is 7.05 Å². The predicted octanol–water partition coefficient (Wildman–Crippen LogP) is 3.67. The van der Waals surface area contributed by atoms with E-state index in [0.717, 1.165) is 33.8 Å². The molecule has 1 aromatic carbocycles. The Morgan fingerprint density at radius 3 is 2.69 bits per heavy atom. The quantitative estimate of drug-likeness (QED) is 0.563. The predicted molar refractivity (Wildman–Crippen MR) is 112 cm³/mol. The molecular formula is C22H25N5O2. The van der Waals surface area contributed by atoms with Crippen molar-refractivity contribution in [1.82, 2.24) is 24.5 Å². The maximum Gasteiger partial charge on any atom is 0.254 e. The molecule has 0 radical (unpaired) electrons. The molecule has 0 saturated carbocycles. The van der Waals surface area contributed by atoms with Crippen LogP contribution in [0.5, 0.6) is 5.75 Å². The number of aromatic nitrogens is 4. The number of hydrogen-bond donors (Lipinski definition) is 1. The first-order chi connectivity index (χ1) is 13.9. The van der Waals surface area contributed by atoms with Gasteiger partial charge in [-0.15, -0.1) is 10.2 Å². The second-order valence-corrected chi connectivity index (χ2v) is 7.58. The smallest absolute Gasteiger partial charge is 0.254 e. The minimum absolute atomic E-state index is 0.132. The summed E-state index contributed by atoms with van der Waals surface area (Å²) < 4.78 is 9.32. The number of rotatable bonds is 5. The second-order valence-electron chi connectivity index (χ2n) is 7.58. The number of nitrogens with one attached hydrogen (secondary N) is 1. The average molecular weight is 391 g/mol. The number of carbonyl (C=O) groups excluding carboxylic acids is 1. The van der Waals surface area contributed by atoms with Gasteiger partial charge in [0.25, 0.3) is 5.91 Å². The maximum absolute atomic E-state index is 13.4. The molecule has 7 heteroatoms. The third kappa shape index (κ3) is 3.12. The van der Waals surface area contributed by atoms with E-state index < -0.39 is 0 Å². The summed E-state index contributed by atoms with van der Waals surface area (Å²) in [5.41, 5.74) is 3.30. The zero-order chi connectivity index (χ0) is 20.7. The molecule has 0 aliphatic carbocycles. The molecule has 29 heavy (non-hydrogen) atoms. The standard InChI is InChI=1S/C22H25N5O2/c1-13(2)20(21-25-24-18-8-6-7-11-27(18)21)23-22(28)19-14(3)26(4)17-10-9-15(29-5)12-16(17)19/h6-13,20H,1-5H3,(H,23,28)/t20-/m0/s1. The van der Waals surface area contributed by atoms with Crippen molar-refractivity contribution in [3.63, 3.8) is 0 Å². The molecule has 0 aliphatic heterocycles. The Kier molecular flexibility index (Phi) is 4.74. The highest BCUT2D eigenvalue weighted by Gasteiger charge is 2.27. The number of pyridine rings is 1. The maximum atomic E-state index is 13.4. The zero-order valence-corrected chi connectivity index (χ0v) is 17.3. The summed E-state index contributed by atoms with van der Waals surface area (Å²) in [5.74, 6) is 1.45. The lowest BCUT2D eigenvalue weighted by Gasteiger charge is -2.21. The fraction of sp³-hybridized carbons (Fsp3) is 0.318. The van der Waals surface area contributed by atoms with E-state index in [9.17, 15) is 4.79 Å². The minimum atomic E-state index is -0.278. The molecule has 0 aliphatic rings. The van der Waals surface area contributed by atoms with Crippen LogP contribution in [0.25, 0.3) is 16.6 Å². The molecule has 4 aromatic rings. The molecule has 0 fully saturated rings. The van der Waals surface area contributed by atoms with E-state index in [4.69, 9.17) is 4.74 Å². The summed E-state index contributed by atoms with van der Waals surface area (Å²) in [6, 6.07) is 11.3. The summed E-state index contributed by atoms with van der Waals surface area (Å²) in [5, 5.41) is 12.7. The van der Waals surface area contributed by atoms with Crippen LogP contribution in [-0.4, -0.2) is 32.2 Å². The van der Waals surface area contributed by atoms with Crippen molar-refractivity contribution < 1.29 is 9.53 Å². The number of carbonyl (C=O) groups is 1.